The second-order valence-corrected chi connectivity index (χ2v) is 12.2. The Hall–Kier alpha value is -0.260. The van der Waals surface area contributed by atoms with Crippen LogP contribution < -0.4 is 0 Å². The standard InChI is InChI=1S/C12H24.C12H22.2CH4/c2*1-11(2,3)10-7-6-8-12(4,5)9-10;;/h10H,6-9H2,1-5H3;7H,6,8-9H2,1-5H3;2*1H4. The Labute approximate surface area is 168 Å². The molecule has 26 heavy (non-hydrogen) atoms. The van der Waals surface area contributed by atoms with Crippen molar-refractivity contribution in [2.45, 2.75) is 129 Å². The summed E-state index contributed by atoms with van der Waals surface area (Å²) in [5.74, 6) is 0.946. The van der Waals surface area contributed by atoms with Gasteiger partial charge in [-0.15, -0.1) is 0 Å². The second-order valence-electron chi connectivity index (χ2n) is 12.2. The van der Waals surface area contributed by atoms with Crippen LogP contribution in [0.2, 0.25) is 0 Å². The second kappa shape index (κ2) is 9.79. The number of rotatable bonds is 0. The molecule has 0 radical (unpaired) electrons. The molecule has 2 aliphatic rings. The fraction of sp³-hybridized carbons (Fsp3) is 0.923. The predicted molar refractivity (Wildman–Crippen MR) is 124 cm³/mol. The van der Waals surface area contributed by atoms with Gasteiger partial charge < -0.3 is 0 Å². The van der Waals surface area contributed by atoms with Crippen LogP contribution in [0.1, 0.15) is 129 Å². The molecule has 0 bridgehead atoms. The molecule has 0 aromatic carbocycles. The van der Waals surface area contributed by atoms with Gasteiger partial charge in [-0.2, -0.15) is 0 Å². The van der Waals surface area contributed by atoms with Gasteiger partial charge in [0.15, 0.2) is 0 Å². The summed E-state index contributed by atoms with van der Waals surface area (Å²) < 4.78 is 0. The molecule has 1 fully saturated rings. The van der Waals surface area contributed by atoms with E-state index in [0.29, 0.717) is 21.7 Å². The van der Waals surface area contributed by atoms with Crippen molar-refractivity contribution in [2.24, 2.45) is 27.6 Å². The summed E-state index contributed by atoms with van der Waals surface area (Å²) in [5, 5.41) is 0. The maximum atomic E-state index is 2.45. The Kier molecular flexibility index (Phi) is 10.5. The predicted octanol–water partition coefficient (Wildman–Crippen LogP) is 9.69. The molecule has 2 rings (SSSR count). The summed E-state index contributed by atoms with van der Waals surface area (Å²) in [4.78, 5) is 0. The fourth-order valence-corrected chi connectivity index (χ4v) is 4.32. The Morgan fingerprint density at radius 1 is 0.846 bits per heavy atom. The van der Waals surface area contributed by atoms with Gasteiger partial charge in [-0.25, -0.2) is 0 Å². The maximum absolute atomic E-state index is 2.45. The molecule has 0 aromatic heterocycles. The highest BCUT2D eigenvalue weighted by molar-refractivity contribution is 5.15. The summed E-state index contributed by atoms with van der Waals surface area (Å²) in [7, 11) is 0. The topological polar surface area (TPSA) is 0 Å². The summed E-state index contributed by atoms with van der Waals surface area (Å²) in [6, 6.07) is 0. The molecular formula is C26H54. The summed E-state index contributed by atoms with van der Waals surface area (Å²) >= 11 is 0. The first-order chi connectivity index (χ1) is 10.6. The Morgan fingerprint density at radius 2 is 1.38 bits per heavy atom. The van der Waals surface area contributed by atoms with Gasteiger partial charge in [0.2, 0.25) is 0 Å². The molecule has 0 amide bonds. The van der Waals surface area contributed by atoms with E-state index in [1.54, 1.807) is 5.57 Å². The molecule has 1 saturated carbocycles. The molecule has 158 valence electrons. The van der Waals surface area contributed by atoms with Crippen LogP contribution in [-0.4, -0.2) is 0 Å². The van der Waals surface area contributed by atoms with Crippen molar-refractivity contribution >= 4 is 0 Å². The lowest BCUT2D eigenvalue weighted by Gasteiger charge is -2.41. The van der Waals surface area contributed by atoms with Gasteiger partial charge in [0.25, 0.3) is 0 Å². The van der Waals surface area contributed by atoms with Crippen molar-refractivity contribution in [3.63, 3.8) is 0 Å². The van der Waals surface area contributed by atoms with E-state index in [1.165, 1.54) is 44.9 Å². The van der Waals surface area contributed by atoms with Crippen LogP contribution in [0, 0.1) is 27.6 Å². The fourth-order valence-electron chi connectivity index (χ4n) is 4.32. The van der Waals surface area contributed by atoms with Crippen LogP contribution in [0.15, 0.2) is 11.6 Å². The van der Waals surface area contributed by atoms with Gasteiger partial charge >= 0.3 is 0 Å². The highest BCUT2D eigenvalue weighted by atomic mass is 14.4. The molecule has 0 nitrogen and oxygen atoms in total. The van der Waals surface area contributed by atoms with Crippen LogP contribution in [0.3, 0.4) is 0 Å². The summed E-state index contributed by atoms with van der Waals surface area (Å²) in [5.41, 5.74) is 3.71. The van der Waals surface area contributed by atoms with E-state index in [-0.39, 0.29) is 14.9 Å². The first-order valence-electron chi connectivity index (χ1n) is 10.3. The minimum atomic E-state index is 0. The third kappa shape index (κ3) is 9.61. The Morgan fingerprint density at radius 3 is 1.69 bits per heavy atom. The highest BCUT2D eigenvalue weighted by Gasteiger charge is 2.34. The third-order valence-corrected chi connectivity index (χ3v) is 6.27. The SMILES string of the molecule is C.C.CC1(C)CCC=C(C(C)(C)C)C1.CC1(C)CCCC(C(C)(C)C)C1. The van der Waals surface area contributed by atoms with Gasteiger partial charge in [0.1, 0.15) is 0 Å². The third-order valence-electron chi connectivity index (χ3n) is 6.27. The normalized spacial score (nSPS) is 24.8. The van der Waals surface area contributed by atoms with Gasteiger partial charge in [0, 0.05) is 0 Å². The molecule has 1 atom stereocenters. The van der Waals surface area contributed by atoms with E-state index in [1.807, 2.05) is 0 Å². The average molecular weight is 367 g/mol. The van der Waals surface area contributed by atoms with E-state index in [4.69, 9.17) is 0 Å². The lowest BCUT2D eigenvalue weighted by molar-refractivity contribution is 0.0959. The lowest BCUT2D eigenvalue weighted by atomic mass is 9.64. The molecule has 0 aromatic rings. The maximum Gasteiger partial charge on any atom is -0.0173 e. The molecule has 2 aliphatic carbocycles. The molecule has 0 spiro atoms. The summed E-state index contributed by atoms with van der Waals surface area (Å²) in [6.07, 6.45) is 12.1. The quantitative estimate of drug-likeness (QED) is 0.374. The van der Waals surface area contributed by atoms with Crippen LogP contribution in [-0.2, 0) is 0 Å². The monoisotopic (exact) mass is 366 g/mol. The van der Waals surface area contributed by atoms with E-state index in [2.05, 4.69) is 75.3 Å². The van der Waals surface area contributed by atoms with E-state index < -0.39 is 0 Å². The first-order valence-corrected chi connectivity index (χ1v) is 10.3. The molecular weight excluding hydrogens is 312 g/mol. The van der Waals surface area contributed by atoms with Crippen molar-refractivity contribution in [3.05, 3.63) is 11.6 Å². The minimum Gasteiger partial charge on any atom is -0.0848 e. The Bertz CT molecular complexity index is 417. The number of hydrogen-bond donors (Lipinski definition) is 0. The zero-order valence-corrected chi connectivity index (χ0v) is 18.6. The smallest absolute Gasteiger partial charge is 0.0173 e. The van der Waals surface area contributed by atoms with Crippen LogP contribution in [0.4, 0.5) is 0 Å². The number of allylic oxidation sites excluding steroid dienone is 2. The minimum absolute atomic E-state index is 0. The van der Waals surface area contributed by atoms with Gasteiger partial charge in [0.05, 0.1) is 0 Å². The van der Waals surface area contributed by atoms with Gasteiger partial charge in [-0.05, 0) is 66.1 Å². The molecule has 0 heterocycles. The van der Waals surface area contributed by atoms with E-state index >= 15 is 0 Å². The van der Waals surface area contributed by atoms with E-state index in [0.717, 1.165) is 5.92 Å². The first kappa shape index (κ1) is 28.0. The highest BCUT2D eigenvalue weighted by Crippen LogP contribution is 2.45. The largest absolute Gasteiger partial charge is 0.0848 e. The van der Waals surface area contributed by atoms with Crippen LogP contribution >= 0.6 is 0 Å². The van der Waals surface area contributed by atoms with Gasteiger partial charge in [-0.1, -0.05) is 102 Å². The summed E-state index contributed by atoms with van der Waals surface area (Å²) in [6.45, 7) is 23.7. The van der Waals surface area contributed by atoms with Gasteiger partial charge in [-0.3, -0.25) is 0 Å². The molecule has 0 heteroatoms. The van der Waals surface area contributed by atoms with Crippen molar-refractivity contribution in [2.75, 3.05) is 0 Å². The van der Waals surface area contributed by atoms with E-state index in [9.17, 15) is 0 Å². The van der Waals surface area contributed by atoms with Crippen molar-refractivity contribution in [3.8, 4) is 0 Å². The number of hydrogen-bond acceptors (Lipinski definition) is 0. The zero-order valence-electron chi connectivity index (χ0n) is 18.6. The van der Waals surface area contributed by atoms with Crippen LogP contribution in [0.5, 0.6) is 0 Å². The zero-order chi connectivity index (χ0) is 18.8. The van der Waals surface area contributed by atoms with Crippen LogP contribution in [0.25, 0.3) is 0 Å². The molecule has 1 unspecified atom stereocenters. The molecule has 0 aliphatic heterocycles. The molecule has 0 N–H and O–H groups in total. The van der Waals surface area contributed by atoms with Crippen molar-refractivity contribution in [1.29, 1.82) is 0 Å². The average Bonchev–Trinajstić information content (AvgIpc) is 2.35. The van der Waals surface area contributed by atoms with Crippen molar-refractivity contribution < 1.29 is 0 Å². The lowest BCUT2D eigenvalue weighted by Crippen LogP contribution is -2.30. The molecule has 0 saturated heterocycles. The Balaban J connectivity index is 0. The van der Waals surface area contributed by atoms with Crippen molar-refractivity contribution in [1.82, 2.24) is 0 Å².